The Morgan fingerprint density at radius 2 is 2.06 bits per heavy atom. The molecular formula is C9H12N2O5S. The molecule has 0 bridgehead atoms. The van der Waals surface area contributed by atoms with Crippen LogP contribution in [0.4, 0.5) is 0 Å². The van der Waals surface area contributed by atoms with Crippen LogP contribution in [0.5, 0.6) is 5.75 Å². The van der Waals surface area contributed by atoms with Crippen molar-refractivity contribution >= 4 is 16.0 Å². The molecule has 0 aromatic heterocycles. The monoisotopic (exact) mass is 260 g/mol. The number of hydrogen-bond donors (Lipinski definition) is 4. The normalized spacial score (nSPS) is 11.4. The first-order valence-electron chi connectivity index (χ1n) is 4.64. The van der Waals surface area contributed by atoms with Crippen molar-refractivity contribution in [3.8, 4) is 5.75 Å². The maximum atomic E-state index is 11.6. The Hall–Kier alpha value is -1.64. The summed E-state index contributed by atoms with van der Waals surface area (Å²) in [5.74, 6) is -1.89. The van der Waals surface area contributed by atoms with Crippen LogP contribution in [0.25, 0.3) is 0 Å². The average molecular weight is 260 g/mol. The van der Waals surface area contributed by atoms with E-state index in [1.165, 1.54) is 0 Å². The average Bonchev–Trinajstić information content (AvgIpc) is 2.26. The molecule has 0 saturated carbocycles. The van der Waals surface area contributed by atoms with Gasteiger partial charge in [-0.3, -0.25) is 0 Å². The van der Waals surface area contributed by atoms with E-state index in [4.69, 9.17) is 10.8 Å². The number of aromatic carboxylic acids is 1. The first kappa shape index (κ1) is 13.4. The van der Waals surface area contributed by atoms with Crippen molar-refractivity contribution in [2.75, 3.05) is 13.1 Å². The van der Waals surface area contributed by atoms with Gasteiger partial charge in [-0.15, -0.1) is 0 Å². The fourth-order valence-corrected chi connectivity index (χ4v) is 2.20. The highest BCUT2D eigenvalue weighted by atomic mass is 32.2. The van der Waals surface area contributed by atoms with Gasteiger partial charge in [0.15, 0.2) is 0 Å². The lowest BCUT2D eigenvalue weighted by Gasteiger charge is -2.07. The molecule has 17 heavy (non-hydrogen) atoms. The Bertz CT molecular complexity index is 526. The highest BCUT2D eigenvalue weighted by Gasteiger charge is 2.18. The molecule has 1 aromatic rings. The number of carboxylic acid groups (broad SMARTS) is 1. The van der Waals surface area contributed by atoms with Crippen LogP contribution >= 0.6 is 0 Å². The standard InChI is InChI=1S/C9H12N2O5S/c10-3-4-11-17(15,16)6-1-2-8(12)7(5-6)9(13)14/h1-2,5,11-12H,3-4,10H2,(H,13,14). The summed E-state index contributed by atoms with van der Waals surface area (Å²) in [5, 5.41) is 18.0. The van der Waals surface area contributed by atoms with Crippen molar-refractivity contribution in [2.24, 2.45) is 5.73 Å². The molecular weight excluding hydrogens is 248 g/mol. The third-order valence-electron chi connectivity index (χ3n) is 1.95. The van der Waals surface area contributed by atoms with Crippen LogP contribution in [-0.4, -0.2) is 37.7 Å². The van der Waals surface area contributed by atoms with E-state index in [2.05, 4.69) is 4.72 Å². The van der Waals surface area contributed by atoms with E-state index >= 15 is 0 Å². The van der Waals surface area contributed by atoms with Gasteiger partial charge in [0.25, 0.3) is 0 Å². The number of carbonyl (C=O) groups is 1. The fourth-order valence-electron chi connectivity index (χ4n) is 1.13. The molecule has 0 radical (unpaired) electrons. The Labute approximate surface area is 97.9 Å². The maximum Gasteiger partial charge on any atom is 0.339 e. The highest BCUT2D eigenvalue weighted by molar-refractivity contribution is 7.89. The topological polar surface area (TPSA) is 130 Å². The second-order valence-corrected chi connectivity index (χ2v) is 4.94. The lowest BCUT2D eigenvalue weighted by Crippen LogP contribution is -2.29. The van der Waals surface area contributed by atoms with Crippen molar-refractivity contribution in [1.29, 1.82) is 0 Å². The van der Waals surface area contributed by atoms with Gasteiger partial charge < -0.3 is 15.9 Å². The minimum absolute atomic E-state index is 0.0472. The predicted molar refractivity (Wildman–Crippen MR) is 59.3 cm³/mol. The van der Waals surface area contributed by atoms with Crippen molar-refractivity contribution in [2.45, 2.75) is 4.90 Å². The quantitative estimate of drug-likeness (QED) is 0.555. The van der Waals surface area contributed by atoms with Crippen LogP contribution < -0.4 is 10.5 Å². The number of phenols is 1. The summed E-state index contributed by atoms with van der Waals surface area (Å²) in [6, 6.07) is 3.01. The van der Waals surface area contributed by atoms with Gasteiger partial charge in [-0.2, -0.15) is 0 Å². The minimum Gasteiger partial charge on any atom is -0.507 e. The van der Waals surface area contributed by atoms with E-state index in [1.54, 1.807) is 0 Å². The number of carboxylic acids is 1. The molecule has 0 aliphatic rings. The molecule has 0 aliphatic heterocycles. The van der Waals surface area contributed by atoms with Crippen LogP contribution in [0.2, 0.25) is 0 Å². The highest BCUT2D eigenvalue weighted by Crippen LogP contribution is 2.21. The Kier molecular flexibility index (Phi) is 4.05. The summed E-state index contributed by atoms with van der Waals surface area (Å²) >= 11 is 0. The molecule has 8 heteroatoms. The molecule has 5 N–H and O–H groups in total. The number of aromatic hydroxyl groups is 1. The van der Waals surface area contributed by atoms with Gasteiger partial charge in [-0.1, -0.05) is 0 Å². The first-order valence-corrected chi connectivity index (χ1v) is 6.13. The second kappa shape index (κ2) is 5.13. The number of benzene rings is 1. The lowest BCUT2D eigenvalue weighted by molar-refractivity contribution is 0.0693. The molecule has 1 aromatic carbocycles. The SMILES string of the molecule is NCCNS(=O)(=O)c1ccc(O)c(C(=O)O)c1. The molecule has 0 unspecified atom stereocenters. The number of nitrogens with one attached hydrogen (secondary N) is 1. The largest absolute Gasteiger partial charge is 0.507 e. The van der Waals surface area contributed by atoms with E-state index in [9.17, 15) is 18.3 Å². The fraction of sp³-hybridized carbons (Fsp3) is 0.222. The lowest BCUT2D eigenvalue weighted by atomic mass is 10.2. The van der Waals surface area contributed by atoms with Crippen LogP contribution in [0.1, 0.15) is 10.4 Å². The number of rotatable bonds is 5. The van der Waals surface area contributed by atoms with Gasteiger partial charge in [0.2, 0.25) is 10.0 Å². The van der Waals surface area contributed by atoms with E-state index < -0.39 is 27.3 Å². The van der Waals surface area contributed by atoms with Gasteiger partial charge in [0.05, 0.1) is 4.90 Å². The third-order valence-corrected chi connectivity index (χ3v) is 3.40. The summed E-state index contributed by atoms with van der Waals surface area (Å²) in [6.45, 7) is 0.175. The third kappa shape index (κ3) is 3.16. The predicted octanol–water partition coefficient (Wildman–Crippen LogP) is -0.673. The van der Waals surface area contributed by atoms with Crippen LogP contribution in [-0.2, 0) is 10.0 Å². The van der Waals surface area contributed by atoms with Crippen molar-refractivity contribution in [3.05, 3.63) is 23.8 Å². The first-order chi connectivity index (χ1) is 7.88. The number of hydrogen-bond acceptors (Lipinski definition) is 5. The number of sulfonamides is 1. The summed E-state index contributed by atoms with van der Waals surface area (Å²) in [5.41, 5.74) is 4.68. The van der Waals surface area contributed by atoms with Gasteiger partial charge in [0.1, 0.15) is 11.3 Å². The summed E-state index contributed by atoms with van der Waals surface area (Å²) in [6.07, 6.45) is 0. The zero-order chi connectivity index (χ0) is 13.1. The Balaban J connectivity index is 3.16. The van der Waals surface area contributed by atoms with E-state index in [0.717, 1.165) is 18.2 Å². The zero-order valence-corrected chi connectivity index (χ0v) is 9.57. The second-order valence-electron chi connectivity index (χ2n) is 3.17. The zero-order valence-electron chi connectivity index (χ0n) is 8.75. The molecule has 0 saturated heterocycles. The Morgan fingerprint density at radius 3 is 2.59 bits per heavy atom. The molecule has 0 atom stereocenters. The van der Waals surface area contributed by atoms with Crippen molar-refractivity contribution < 1.29 is 23.4 Å². The van der Waals surface area contributed by atoms with Gasteiger partial charge in [-0.25, -0.2) is 17.9 Å². The molecule has 0 heterocycles. The van der Waals surface area contributed by atoms with Crippen LogP contribution in [0, 0.1) is 0 Å². The minimum atomic E-state index is -3.80. The van der Waals surface area contributed by atoms with Crippen molar-refractivity contribution in [3.63, 3.8) is 0 Å². The van der Waals surface area contributed by atoms with Crippen LogP contribution in [0.15, 0.2) is 23.1 Å². The summed E-state index contributed by atoms with van der Waals surface area (Å²) in [7, 11) is -3.80. The molecule has 1 rings (SSSR count). The summed E-state index contributed by atoms with van der Waals surface area (Å²) < 4.78 is 25.5. The molecule has 0 spiro atoms. The Morgan fingerprint density at radius 1 is 1.41 bits per heavy atom. The van der Waals surface area contributed by atoms with Gasteiger partial charge >= 0.3 is 5.97 Å². The van der Waals surface area contributed by atoms with Gasteiger partial charge in [0, 0.05) is 13.1 Å². The van der Waals surface area contributed by atoms with Crippen molar-refractivity contribution in [1.82, 2.24) is 4.72 Å². The molecule has 0 amide bonds. The van der Waals surface area contributed by atoms with Gasteiger partial charge in [-0.05, 0) is 18.2 Å². The molecule has 0 fully saturated rings. The van der Waals surface area contributed by atoms with Crippen LogP contribution in [0.3, 0.4) is 0 Å². The van der Waals surface area contributed by atoms with E-state index in [-0.39, 0.29) is 18.0 Å². The van der Waals surface area contributed by atoms with E-state index in [0.29, 0.717) is 0 Å². The summed E-state index contributed by atoms with van der Waals surface area (Å²) in [4.78, 5) is 10.5. The number of nitrogens with two attached hydrogens (primary N) is 1. The van der Waals surface area contributed by atoms with E-state index in [1.807, 2.05) is 0 Å². The molecule has 0 aliphatic carbocycles. The maximum absolute atomic E-state index is 11.6. The smallest absolute Gasteiger partial charge is 0.339 e. The molecule has 7 nitrogen and oxygen atoms in total. The molecule has 94 valence electrons.